The third-order valence-electron chi connectivity index (χ3n) is 2.36. The van der Waals surface area contributed by atoms with E-state index in [1.165, 1.54) is 0 Å². The number of halogens is 2. The fraction of sp³-hybridized carbons (Fsp3) is 0.182. The minimum atomic E-state index is 0.625. The number of nitrogens with zero attached hydrogens (tertiary/aromatic N) is 2. The van der Waals surface area contributed by atoms with Crippen LogP contribution in [0.5, 0.6) is 0 Å². The van der Waals surface area contributed by atoms with Crippen LogP contribution >= 0.6 is 35.0 Å². The highest BCUT2D eigenvalue weighted by molar-refractivity contribution is 7.98. The maximum absolute atomic E-state index is 5.92. The zero-order valence-electron chi connectivity index (χ0n) is 9.15. The second-order valence-corrected chi connectivity index (χ2v) is 5.37. The molecule has 0 fully saturated rings. The van der Waals surface area contributed by atoms with Gasteiger partial charge in [-0.2, -0.15) is 0 Å². The van der Waals surface area contributed by atoms with Crippen molar-refractivity contribution in [2.75, 3.05) is 5.73 Å². The highest BCUT2D eigenvalue weighted by Crippen LogP contribution is 2.30. The number of anilines is 1. The number of nitrogens with two attached hydrogens (primary N) is 1. The third-order valence-corrected chi connectivity index (χ3v) is 4.01. The molecule has 0 atom stereocenters. The smallest absolute Gasteiger partial charge is 0.128 e. The number of nitrogen functional groups attached to an aromatic ring is 1. The molecule has 0 saturated carbocycles. The van der Waals surface area contributed by atoms with Gasteiger partial charge in [0.15, 0.2) is 0 Å². The van der Waals surface area contributed by atoms with E-state index in [1.807, 2.05) is 17.7 Å². The monoisotopic (exact) mass is 287 g/mol. The molecule has 0 spiro atoms. The lowest BCUT2D eigenvalue weighted by molar-refractivity contribution is 0.850. The molecular weight excluding hydrogens is 277 g/mol. The molecule has 0 saturated heterocycles. The molecule has 1 aromatic heterocycles. The van der Waals surface area contributed by atoms with Crippen molar-refractivity contribution in [2.24, 2.45) is 7.05 Å². The molecular formula is C11H11Cl2N3S. The lowest BCUT2D eigenvalue weighted by atomic mass is 10.3. The van der Waals surface area contributed by atoms with E-state index in [0.717, 1.165) is 16.4 Å². The van der Waals surface area contributed by atoms with Crippen molar-refractivity contribution < 1.29 is 0 Å². The standard InChI is InChI=1S/C11H11Cl2N3S/c1-16-10(13)5-15-11(16)6-17-9-4-7(12)2-3-8(9)14/h2-5H,6,14H2,1H3. The van der Waals surface area contributed by atoms with Gasteiger partial charge in [0.1, 0.15) is 11.0 Å². The number of thioether (sulfide) groups is 1. The van der Waals surface area contributed by atoms with Crippen LogP contribution in [0.1, 0.15) is 5.82 Å². The Morgan fingerprint density at radius 1 is 1.41 bits per heavy atom. The number of rotatable bonds is 3. The first-order chi connectivity index (χ1) is 8.08. The van der Waals surface area contributed by atoms with Crippen LogP contribution < -0.4 is 5.73 Å². The Morgan fingerprint density at radius 2 is 2.18 bits per heavy atom. The predicted molar refractivity (Wildman–Crippen MR) is 73.6 cm³/mol. The Labute approximate surface area is 114 Å². The summed E-state index contributed by atoms with van der Waals surface area (Å²) in [5.74, 6) is 1.60. The number of benzene rings is 1. The molecule has 0 radical (unpaired) electrons. The van der Waals surface area contributed by atoms with Crippen LogP contribution in [0.15, 0.2) is 29.3 Å². The highest BCUT2D eigenvalue weighted by Gasteiger charge is 2.07. The lowest BCUT2D eigenvalue weighted by Crippen LogP contribution is -1.96. The lowest BCUT2D eigenvalue weighted by Gasteiger charge is -2.06. The Bertz CT molecular complexity index is 540. The Morgan fingerprint density at radius 3 is 2.82 bits per heavy atom. The molecule has 6 heteroatoms. The quantitative estimate of drug-likeness (QED) is 0.693. The van der Waals surface area contributed by atoms with Crippen molar-refractivity contribution in [1.82, 2.24) is 9.55 Å². The number of hydrogen-bond acceptors (Lipinski definition) is 3. The molecule has 3 nitrogen and oxygen atoms in total. The van der Waals surface area contributed by atoms with Crippen molar-refractivity contribution in [3.05, 3.63) is 40.4 Å². The molecule has 2 N–H and O–H groups in total. The van der Waals surface area contributed by atoms with E-state index in [9.17, 15) is 0 Å². The van der Waals surface area contributed by atoms with Crippen molar-refractivity contribution >= 4 is 40.7 Å². The summed E-state index contributed by atoms with van der Waals surface area (Å²) in [5, 5.41) is 1.30. The van der Waals surface area contributed by atoms with Gasteiger partial charge in [0, 0.05) is 22.7 Å². The summed E-state index contributed by atoms with van der Waals surface area (Å²) >= 11 is 13.4. The minimum absolute atomic E-state index is 0.625. The fourth-order valence-corrected chi connectivity index (χ4v) is 2.71. The summed E-state index contributed by atoms with van der Waals surface area (Å²) < 4.78 is 1.84. The van der Waals surface area contributed by atoms with E-state index < -0.39 is 0 Å². The molecule has 0 bridgehead atoms. The van der Waals surface area contributed by atoms with Crippen LogP contribution in [-0.2, 0) is 12.8 Å². The topological polar surface area (TPSA) is 43.8 Å². The molecule has 0 amide bonds. The van der Waals surface area contributed by atoms with Crippen LogP contribution in [0.2, 0.25) is 10.2 Å². The molecule has 1 aromatic carbocycles. The summed E-state index contributed by atoms with van der Waals surface area (Å²) in [6, 6.07) is 5.43. The maximum atomic E-state index is 5.92. The normalized spacial score (nSPS) is 10.8. The van der Waals surface area contributed by atoms with Gasteiger partial charge < -0.3 is 10.3 Å². The molecule has 0 aliphatic carbocycles. The molecule has 2 aromatic rings. The van der Waals surface area contributed by atoms with E-state index in [2.05, 4.69) is 4.98 Å². The van der Waals surface area contributed by atoms with E-state index in [0.29, 0.717) is 15.9 Å². The SMILES string of the molecule is Cn1c(Cl)cnc1CSc1cc(Cl)ccc1N. The van der Waals surface area contributed by atoms with Crippen LogP contribution in [0.3, 0.4) is 0 Å². The largest absolute Gasteiger partial charge is 0.398 e. The zero-order chi connectivity index (χ0) is 12.4. The first kappa shape index (κ1) is 12.6. The van der Waals surface area contributed by atoms with Gasteiger partial charge in [0.25, 0.3) is 0 Å². The summed E-state index contributed by atoms with van der Waals surface area (Å²) in [7, 11) is 1.88. The average molecular weight is 288 g/mol. The average Bonchev–Trinajstić information content (AvgIpc) is 2.62. The zero-order valence-corrected chi connectivity index (χ0v) is 11.5. The van der Waals surface area contributed by atoms with Crippen molar-refractivity contribution in [1.29, 1.82) is 0 Å². The molecule has 2 rings (SSSR count). The summed E-state index contributed by atoms with van der Waals surface area (Å²) in [6.45, 7) is 0. The molecule has 0 aliphatic heterocycles. The van der Waals surface area contributed by atoms with Gasteiger partial charge in [0.2, 0.25) is 0 Å². The second-order valence-electron chi connectivity index (χ2n) is 3.53. The number of imidazole rings is 1. The van der Waals surface area contributed by atoms with Gasteiger partial charge in [-0.3, -0.25) is 0 Å². The van der Waals surface area contributed by atoms with E-state index in [1.54, 1.807) is 30.1 Å². The van der Waals surface area contributed by atoms with Gasteiger partial charge in [0.05, 0.1) is 11.9 Å². The molecule has 1 heterocycles. The fourth-order valence-electron chi connectivity index (χ4n) is 1.33. The van der Waals surface area contributed by atoms with Gasteiger partial charge in [-0.15, -0.1) is 11.8 Å². The van der Waals surface area contributed by atoms with E-state index in [-0.39, 0.29) is 0 Å². The highest BCUT2D eigenvalue weighted by atomic mass is 35.5. The van der Waals surface area contributed by atoms with Crippen LogP contribution in [0.4, 0.5) is 5.69 Å². The van der Waals surface area contributed by atoms with Gasteiger partial charge in [-0.1, -0.05) is 23.2 Å². The number of aromatic nitrogens is 2. The van der Waals surface area contributed by atoms with Gasteiger partial charge in [-0.05, 0) is 18.2 Å². The van der Waals surface area contributed by atoms with Crippen LogP contribution in [0.25, 0.3) is 0 Å². The van der Waals surface area contributed by atoms with Crippen molar-refractivity contribution in [3.63, 3.8) is 0 Å². The van der Waals surface area contributed by atoms with Crippen molar-refractivity contribution in [3.8, 4) is 0 Å². The first-order valence-electron chi connectivity index (χ1n) is 4.92. The molecule has 0 unspecified atom stereocenters. The Hall–Kier alpha value is -0.840. The van der Waals surface area contributed by atoms with Gasteiger partial charge in [-0.25, -0.2) is 4.98 Å². The Balaban J connectivity index is 2.12. The maximum Gasteiger partial charge on any atom is 0.128 e. The predicted octanol–water partition coefficient (Wildman–Crippen LogP) is 3.60. The summed E-state index contributed by atoms with van der Waals surface area (Å²) in [5.41, 5.74) is 6.59. The van der Waals surface area contributed by atoms with E-state index in [4.69, 9.17) is 28.9 Å². The number of hydrogen-bond donors (Lipinski definition) is 1. The third kappa shape index (κ3) is 2.89. The van der Waals surface area contributed by atoms with Gasteiger partial charge >= 0.3 is 0 Å². The van der Waals surface area contributed by atoms with Crippen LogP contribution in [0, 0.1) is 0 Å². The molecule has 90 valence electrons. The Kier molecular flexibility index (Phi) is 3.86. The summed E-state index contributed by atoms with van der Waals surface area (Å²) in [4.78, 5) is 5.17. The second kappa shape index (κ2) is 5.21. The van der Waals surface area contributed by atoms with Crippen LogP contribution in [-0.4, -0.2) is 9.55 Å². The minimum Gasteiger partial charge on any atom is -0.398 e. The summed E-state index contributed by atoms with van der Waals surface area (Å²) in [6.07, 6.45) is 1.64. The van der Waals surface area contributed by atoms with Crippen molar-refractivity contribution in [2.45, 2.75) is 10.6 Å². The first-order valence-corrected chi connectivity index (χ1v) is 6.66. The molecule has 0 aliphatic rings. The van der Waals surface area contributed by atoms with E-state index >= 15 is 0 Å². The molecule has 17 heavy (non-hydrogen) atoms.